The third-order valence-electron chi connectivity index (χ3n) is 1.68. The molecule has 1 aromatic heterocycles. The minimum absolute atomic E-state index is 0.181. The molecular formula is C8H15N5O. The zero-order valence-corrected chi connectivity index (χ0v) is 8.69. The second-order valence-corrected chi connectivity index (χ2v) is 3.28. The molecular weight excluding hydrogens is 182 g/mol. The summed E-state index contributed by atoms with van der Waals surface area (Å²) in [5, 5.41) is 10.5. The molecule has 1 aromatic rings. The molecule has 0 aliphatic rings. The van der Waals surface area contributed by atoms with Crippen LogP contribution in [0.15, 0.2) is 6.20 Å². The van der Waals surface area contributed by atoms with E-state index < -0.39 is 0 Å². The molecule has 0 aliphatic heterocycles. The van der Waals surface area contributed by atoms with Crippen LogP contribution in [0.1, 0.15) is 10.5 Å². The van der Waals surface area contributed by atoms with Gasteiger partial charge in [-0.3, -0.25) is 4.79 Å². The lowest BCUT2D eigenvalue weighted by atomic mass is 10.4. The van der Waals surface area contributed by atoms with Crippen molar-refractivity contribution in [3.05, 3.63) is 11.9 Å². The lowest BCUT2D eigenvalue weighted by molar-refractivity contribution is 0.0945. The molecule has 1 rings (SSSR count). The van der Waals surface area contributed by atoms with Gasteiger partial charge < -0.3 is 10.2 Å². The normalized spacial score (nSPS) is 10.6. The second-order valence-electron chi connectivity index (χ2n) is 3.28. The van der Waals surface area contributed by atoms with Crippen molar-refractivity contribution >= 4 is 5.91 Å². The first kappa shape index (κ1) is 10.6. The van der Waals surface area contributed by atoms with E-state index in [1.54, 1.807) is 7.05 Å². The molecule has 0 atom stereocenters. The molecule has 0 saturated heterocycles. The number of carbonyl (C=O) groups is 1. The van der Waals surface area contributed by atoms with Crippen LogP contribution in [0.4, 0.5) is 0 Å². The van der Waals surface area contributed by atoms with Crippen molar-refractivity contribution in [2.45, 2.75) is 0 Å². The van der Waals surface area contributed by atoms with E-state index >= 15 is 0 Å². The fourth-order valence-corrected chi connectivity index (χ4v) is 0.933. The quantitative estimate of drug-likeness (QED) is 0.680. The van der Waals surface area contributed by atoms with Crippen molar-refractivity contribution < 1.29 is 4.79 Å². The van der Waals surface area contributed by atoms with Crippen LogP contribution in [0.25, 0.3) is 0 Å². The highest BCUT2D eigenvalue weighted by Crippen LogP contribution is 1.89. The van der Waals surface area contributed by atoms with Crippen molar-refractivity contribution in [1.29, 1.82) is 0 Å². The molecule has 1 amide bonds. The van der Waals surface area contributed by atoms with Crippen LogP contribution in [-0.4, -0.2) is 53.0 Å². The third-order valence-corrected chi connectivity index (χ3v) is 1.68. The third kappa shape index (κ3) is 3.14. The Labute approximate surface area is 82.9 Å². The number of hydrogen-bond acceptors (Lipinski definition) is 4. The first-order valence-corrected chi connectivity index (χ1v) is 4.39. The number of hydrogen-bond donors (Lipinski definition) is 1. The number of aryl methyl sites for hydroxylation is 1. The average molecular weight is 197 g/mol. The van der Waals surface area contributed by atoms with Gasteiger partial charge in [0.1, 0.15) is 0 Å². The number of aromatic nitrogens is 3. The van der Waals surface area contributed by atoms with E-state index in [0.717, 1.165) is 6.54 Å². The van der Waals surface area contributed by atoms with Gasteiger partial charge in [-0.15, -0.1) is 5.10 Å². The summed E-state index contributed by atoms with van der Waals surface area (Å²) in [7, 11) is 5.58. The van der Waals surface area contributed by atoms with Crippen LogP contribution in [0.5, 0.6) is 0 Å². The van der Waals surface area contributed by atoms with Gasteiger partial charge in [0.2, 0.25) is 0 Å². The summed E-state index contributed by atoms with van der Waals surface area (Å²) in [5.74, 6) is -0.181. The Morgan fingerprint density at radius 2 is 2.36 bits per heavy atom. The molecule has 0 radical (unpaired) electrons. The smallest absolute Gasteiger partial charge is 0.273 e. The van der Waals surface area contributed by atoms with Gasteiger partial charge in [0.15, 0.2) is 5.69 Å². The topological polar surface area (TPSA) is 63.1 Å². The summed E-state index contributed by atoms with van der Waals surface area (Å²) in [6, 6.07) is 0. The van der Waals surface area contributed by atoms with Crippen molar-refractivity contribution in [3.8, 4) is 0 Å². The van der Waals surface area contributed by atoms with Gasteiger partial charge in [0.05, 0.1) is 6.20 Å². The summed E-state index contributed by atoms with van der Waals surface area (Å²) in [6.07, 6.45) is 1.45. The SMILES string of the molecule is CN(C)CCNC(=O)c1cnn(C)n1. The summed E-state index contributed by atoms with van der Waals surface area (Å²) in [6.45, 7) is 1.43. The van der Waals surface area contributed by atoms with Gasteiger partial charge in [0.25, 0.3) is 5.91 Å². The van der Waals surface area contributed by atoms with Gasteiger partial charge in [-0.1, -0.05) is 0 Å². The van der Waals surface area contributed by atoms with E-state index in [-0.39, 0.29) is 5.91 Å². The van der Waals surface area contributed by atoms with Gasteiger partial charge >= 0.3 is 0 Å². The molecule has 1 N–H and O–H groups in total. The van der Waals surface area contributed by atoms with Crippen molar-refractivity contribution in [2.24, 2.45) is 7.05 Å². The van der Waals surface area contributed by atoms with Gasteiger partial charge in [-0.25, -0.2) is 0 Å². The number of nitrogens with one attached hydrogen (secondary N) is 1. The first-order valence-electron chi connectivity index (χ1n) is 4.39. The number of amides is 1. The van der Waals surface area contributed by atoms with E-state index in [4.69, 9.17) is 0 Å². The molecule has 78 valence electrons. The Bertz CT molecular complexity index is 306. The molecule has 0 unspecified atom stereocenters. The van der Waals surface area contributed by atoms with E-state index in [9.17, 15) is 4.79 Å². The lowest BCUT2D eigenvalue weighted by Gasteiger charge is -2.09. The van der Waals surface area contributed by atoms with Crippen LogP contribution in [-0.2, 0) is 7.05 Å². The highest BCUT2D eigenvalue weighted by atomic mass is 16.2. The van der Waals surface area contributed by atoms with Crippen LogP contribution in [0.2, 0.25) is 0 Å². The summed E-state index contributed by atoms with van der Waals surface area (Å²) in [5.41, 5.74) is 0.353. The van der Waals surface area contributed by atoms with Crippen LogP contribution in [0, 0.1) is 0 Å². The van der Waals surface area contributed by atoms with Crippen LogP contribution < -0.4 is 5.32 Å². The summed E-state index contributed by atoms with van der Waals surface area (Å²) < 4.78 is 0. The monoisotopic (exact) mass is 197 g/mol. The first-order chi connectivity index (χ1) is 6.59. The highest BCUT2D eigenvalue weighted by molar-refractivity contribution is 5.91. The summed E-state index contributed by atoms with van der Waals surface area (Å²) in [4.78, 5) is 14.8. The zero-order chi connectivity index (χ0) is 10.6. The molecule has 0 aliphatic carbocycles. The Kier molecular flexibility index (Phi) is 3.58. The maximum absolute atomic E-state index is 11.4. The molecule has 1 heterocycles. The number of likely N-dealkylation sites (N-methyl/N-ethyl adjacent to an activating group) is 1. The molecule has 0 aromatic carbocycles. The molecule has 6 heteroatoms. The van der Waals surface area contributed by atoms with Gasteiger partial charge in [0, 0.05) is 20.1 Å². The Balaban J connectivity index is 2.36. The maximum atomic E-state index is 11.4. The standard InChI is InChI=1S/C8H15N5O/c1-12(2)5-4-9-8(14)7-6-10-13(3)11-7/h6H,4-5H2,1-3H3,(H,9,14). The highest BCUT2D eigenvalue weighted by Gasteiger charge is 2.08. The minimum atomic E-state index is -0.181. The van der Waals surface area contributed by atoms with E-state index in [0.29, 0.717) is 12.2 Å². The van der Waals surface area contributed by atoms with E-state index in [1.165, 1.54) is 11.0 Å². The predicted octanol–water partition coefficient (Wildman–Crippen LogP) is -0.893. The van der Waals surface area contributed by atoms with Gasteiger partial charge in [-0.05, 0) is 14.1 Å². The lowest BCUT2D eigenvalue weighted by Crippen LogP contribution is -2.31. The van der Waals surface area contributed by atoms with E-state index in [2.05, 4.69) is 15.5 Å². The number of nitrogens with zero attached hydrogens (tertiary/aromatic N) is 4. The van der Waals surface area contributed by atoms with Crippen molar-refractivity contribution in [3.63, 3.8) is 0 Å². The molecule has 0 fully saturated rings. The van der Waals surface area contributed by atoms with Crippen LogP contribution in [0.3, 0.4) is 0 Å². The Morgan fingerprint density at radius 1 is 1.64 bits per heavy atom. The van der Waals surface area contributed by atoms with Gasteiger partial charge in [-0.2, -0.15) is 9.90 Å². The van der Waals surface area contributed by atoms with Crippen molar-refractivity contribution in [2.75, 3.05) is 27.2 Å². The molecule has 0 spiro atoms. The Morgan fingerprint density at radius 3 is 2.86 bits per heavy atom. The van der Waals surface area contributed by atoms with Crippen molar-refractivity contribution in [1.82, 2.24) is 25.2 Å². The fraction of sp³-hybridized carbons (Fsp3) is 0.625. The average Bonchev–Trinajstić information content (AvgIpc) is 2.51. The van der Waals surface area contributed by atoms with Crippen LogP contribution >= 0.6 is 0 Å². The molecule has 0 saturated carbocycles. The predicted molar refractivity (Wildman–Crippen MR) is 51.9 cm³/mol. The maximum Gasteiger partial charge on any atom is 0.273 e. The van der Waals surface area contributed by atoms with E-state index in [1.807, 2.05) is 19.0 Å². The zero-order valence-electron chi connectivity index (χ0n) is 8.69. The molecule has 0 bridgehead atoms. The number of rotatable bonds is 4. The minimum Gasteiger partial charge on any atom is -0.349 e. The number of carbonyl (C=O) groups excluding carboxylic acids is 1. The summed E-state index contributed by atoms with van der Waals surface area (Å²) >= 11 is 0. The molecule has 14 heavy (non-hydrogen) atoms. The largest absolute Gasteiger partial charge is 0.349 e. The molecule has 6 nitrogen and oxygen atoms in total. The fourth-order valence-electron chi connectivity index (χ4n) is 0.933. The second kappa shape index (κ2) is 4.71. The Hall–Kier alpha value is -1.43.